The Kier molecular flexibility index (Phi) is 6.14. The molecule has 0 aromatic heterocycles. The molecule has 0 saturated carbocycles. The van der Waals surface area contributed by atoms with E-state index in [9.17, 15) is 30.1 Å². The molecule has 0 fully saturated rings. The molecule has 0 aliphatic rings. The van der Waals surface area contributed by atoms with E-state index in [4.69, 9.17) is 0 Å². The number of carbonyl (C=O) groups excluding carboxylic acids is 1. The number of carboxylic acids is 1. The van der Waals surface area contributed by atoms with Gasteiger partial charge in [0.15, 0.2) is 0 Å². The third-order valence-electron chi connectivity index (χ3n) is 1.61. The van der Waals surface area contributed by atoms with Crippen LogP contribution in [0.3, 0.4) is 0 Å². The minimum absolute atomic E-state index is 0. The quantitative estimate of drug-likeness (QED) is 0.422. The van der Waals surface area contributed by atoms with Crippen molar-refractivity contribution in [2.24, 2.45) is 0 Å². The number of carboxylic acid groups (broad SMARTS) is 1. The summed E-state index contributed by atoms with van der Waals surface area (Å²) in [4.78, 5) is 29.2. The molecule has 0 heterocycles. The monoisotopic (exact) mass is 344 g/mol. The number of benzene rings is 1. The molecule has 8 nitrogen and oxygen atoms in total. The average Bonchev–Trinajstić information content (AvgIpc) is 2.16. The summed E-state index contributed by atoms with van der Waals surface area (Å²) in [5.41, 5.74) is -2.75. The summed E-state index contributed by atoms with van der Waals surface area (Å²) in [6.07, 6.45) is 0. The Balaban J connectivity index is 0.00000225. The molecule has 1 rings (SSSR count). The molecular weight excluding hydrogens is 341 g/mol. The molecule has 0 unspecified atom stereocenters. The van der Waals surface area contributed by atoms with Gasteiger partial charge >= 0.3 is 80.3 Å². The van der Waals surface area contributed by atoms with Crippen LogP contribution in [0.5, 0.6) is 0 Å². The van der Waals surface area contributed by atoms with Crippen molar-refractivity contribution in [2.45, 2.75) is 0 Å². The van der Waals surface area contributed by atoms with Crippen molar-refractivity contribution in [1.82, 2.24) is 0 Å². The van der Waals surface area contributed by atoms with Crippen molar-refractivity contribution in [2.75, 3.05) is 0 Å². The van der Waals surface area contributed by atoms with Gasteiger partial charge in [0.1, 0.15) is 0 Å². The molecule has 0 radical (unpaired) electrons. The largest absolute Gasteiger partial charge is 1.00 e. The van der Waals surface area contributed by atoms with E-state index in [1.54, 1.807) is 0 Å². The van der Waals surface area contributed by atoms with Crippen molar-refractivity contribution >= 4 is 17.3 Å². The molecule has 0 atom stereocenters. The zero-order valence-corrected chi connectivity index (χ0v) is 14.4. The maximum Gasteiger partial charge on any atom is 1.00 e. The molecule has 0 aliphatic carbocycles. The van der Waals surface area contributed by atoms with Crippen LogP contribution in [0, 0.1) is 20.2 Å². The fourth-order valence-corrected chi connectivity index (χ4v) is 1.04. The van der Waals surface area contributed by atoms with Gasteiger partial charge in [0, 0.05) is 6.07 Å². The normalized spacial score (nSPS) is 9.00. The Morgan fingerprint density at radius 1 is 1.12 bits per heavy atom. The SMILES string of the molecule is O=C([O-])c1cccc([N+](=O)[O-])c1[N+](=O)[O-].[Cs+]. The Hall–Kier alpha value is -0.458. The van der Waals surface area contributed by atoms with Crippen molar-refractivity contribution < 1.29 is 88.6 Å². The number of para-hydroxylation sites is 1. The maximum atomic E-state index is 10.5. The molecule has 0 aliphatic heterocycles. The maximum absolute atomic E-state index is 10.5. The molecule has 0 N–H and O–H groups in total. The summed E-state index contributed by atoms with van der Waals surface area (Å²) in [5.74, 6) is -1.83. The molecule has 0 saturated heterocycles. The zero-order chi connectivity index (χ0) is 11.6. The number of hydrogen-bond donors (Lipinski definition) is 0. The van der Waals surface area contributed by atoms with Gasteiger partial charge in [0.05, 0.1) is 21.4 Å². The van der Waals surface area contributed by atoms with Gasteiger partial charge in [0.25, 0.3) is 0 Å². The van der Waals surface area contributed by atoms with Crippen LogP contribution in [0.2, 0.25) is 0 Å². The van der Waals surface area contributed by atoms with Crippen LogP contribution >= 0.6 is 0 Å². The van der Waals surface area contributed by atoms with E-state index in [2.05, 4.69) is 0 Å². The van der Waals surface area contributed by atoms with Crippen LogP contribution in [0.15, 0.2) is 18.2 Å². The van der Waals surface area contributed by atoms with Gasteiger partial charge < -0.3 is 9.90 Å². The molecule has 0 bridgehead atoms. The van der Waals surface area contributed by atoms with Crippen LogP contribution in [0.1, 0.15) is 10.4 Å². The third-order valence-corrected chi connectivity index (χ3v) is 1.61. The molecule has 0 spiro atoms. The van der Waals surface area contributed by atoms with Crippen molar-refractivity contribution in [3.8, 4) is 0 Å². The van der Waals surface area contributed by atoms with Gasteiger partial charge in [-0.05, 0) is 6.07 Å². The molecule has 1 aromatic carbocycles. The van der Waals surface area contributed by atoms with E-state index in [1.807, 2.05) is 0 Å². The molecule has 16 heavy (non-hydrogen) atoms. The predicted octanol–water partition coefficient (Wildman–Crippen LogP) is -3.13. The van der Waals surface area contributed by atoms with Gasteiger partial charge in [-0.1, -0.05) is 6.07 Å². The van der Waals surface area contributed by atoms with E-state index in [0.29, 0.717) is 0 Å². The first kappa shape index (κ1) is 15.5. The fraction of sp³-hybridized carbons (Fsp3) is 0. The first-order valence-electron chi connectivity index (χ1n) is 3.58. The summed E-state index contributed by atoms with van der Waals surface area (Å²) in [5, 5.41) is 31.3. The molecule has 0 amide bonds. The summed E-state index contributed by atoms with van der Waals surface area (Å²) in [6, 6.07) is 2.77. The van der Waals surface area contributed by atoms with E-state index in [1.165, 1.54) is 0 Å². The summed E-state index contributed by atoms with van der Waals surface area (Å²) in [6.45, 7) is 0. The smallest absolute Gasteiger partial charge is 0.545 e. The first-order chi connectivity index (χ1) is 6.95. The van der Waals surface area contributed by atoms with Crippen LogP contribution in [0.25, 0.3) is 0 Å². The molecule has 9 heteroatoms. The minimum Gasteiger partial charge on any atom is -0.545 e. The number of aromatic carboxylic acids is 1. The number of nitro benzene ring substituents is 2. The van der Waals surface area contributed by atoms with Gasteiger partial charge in [-0.3, -0.25) is 20.2 Å². The second-order valence-corrected chi connectivity index (χ2v) is 2.47. The summed E-state index contributed by atoms with van der Waals surface area (Å²) >= 11 is 0. The number of nitro groups is 2. The van der Waals surface area contributed by atoms with Gasteiger partial charge in [0.2, 0.25) is 0 Å². The topological polar surface area (TPSA) is 126 Å². The Labute approximate surface area is 147 Å². The Morgan fingerprint density at radius 2 is 1.69 bits per heavy atom. The van der Waals surface area contributed by atoms with Crippen molar-refractivity contribution in [3.05, 3.63) is 44.0 Å². The van der Waals surface area contributed by atoms with Crippen LogP contribution in [-0.2, 0) is 0 Å². The first-order valence-corrected chi connectivity index (χ1v) is 3.58. The van der Waals surface area contributed by atoms with Crippen LogP contribution < -0.4 is 74.0 Å². The van der Waals surface area contributed by atoms with Crippen molar-refractivity contribution in [1.29, 1.82) is 0 Å². The number of nitrogens with zero attached hydrogens (tertiary/aromatic N) is 2. The van der Waals surface area contributed by atoms with Crippen LogP contribution in [-0.4, -0.2) is 15.8 Å². The second-order valence-electron chi connectivity index (χ2n) is 2.47. The van der Waals surface area contributed by atoms with E-state index < -0.39 is 32.8 Å². The number of carbonyl (C=O) groups is 1. The average molecular weight is 344 g/mol. The predicted molar refractivity (Wildman–Crippen MR) is 44.1 cm³/mol. The number of rotatable bonds is 3. The molecule has 1 aromatic rings. The third kappa shape index (κ3) is 3.27. The Bertz CT molecular complexity index is 428. The molecular formula is C7H3CsN2O6. The Morgan fingerprint density at radius 3 is 2.06 bits per heavy atom. The number of hydrogen-bond acceptors (Lipinski definition) is 6. The minimum atomic E-state index is -1.83. The van der Waals surface area contributed by atoms with Crippen molar-refractivity contribution in [3.63, 3.8) is 0 Å². The zero-order valence-electron chi connectivity index (χ0n) is 8.08. The van der Waals surface area contributed by atoms with Gasteiger partial charge in [-0.15, -0.1) is 0 Å². The van der Waals surface area contributed by atoms with Gasteiger partial charge in [-0.2, -0.15) is 0 Å². The second kappa shape index (κ2) is 6.32. The van der Waals surface area contributed by atoms with Gasteiger partial charge in [-0.25, -0.2) is 0 Å². The van der Waals surface area contributed by atoms with E-state index in [-0.39, 0.29) is 68.9 Å². The summed E-state index contributed by atoms with van der Waals surface area (Å²) in [7, 11) is 0. The van der Waals surface area contributed by atoms with E-state index in [0.717, 1.165) is 18.2 Å². The van der Waals surface area contributed by atoms with E-state index >= 15 is 0 Å². The molecule has 78 valence electrons. The van der Waals surface area contributed by atoms with Crippen LogP contribution in [0.4, 0.5) is 11.4 Å². The summed E-state index contributed by atoms with van der Waals surface area (Å²) < 4.78 is 0. The fourth-order valence-electron chi connectivity index (χ4n) is 1.04. The standard InChI is InChI=1S/C7H4N2O6.Cs/c10-7(11)4-2-1-3-5(8(12)13)6(4)9(14)15;/h1-3H,(H,10,11);/q;+1/p-1.